The van der Waals surface area contributed by atoms with Crippen molar-refractivity contribution in [3.05, 3.63) is 64.1 Å². The van der Waals surface area contributed by atoms with Crippen molar-refractivity contribution in [1.82, 2.24) is 15.0 Å². The van der Waals surface area contributed by atoms with Gasteiger partial charge in [-0.2, -0.15) is 13.2 Å². The lowest BCUT2D eigenvalue weighted by Gasteiger charge is -2.14. The summed E-state index contributed by atoms with van der Waals surface area (Å²) in [6, 6.07) is 6.15. The fourth-order valence-electron chi connectivity index (χ4n) is 2.53. The van der Waals surface area contributed by atoms with Gasteiger partial charge in [-0.05, 0) is 36.4 Å². The molecule has 0 aliphatic heterocycles. The van der Waals surface area contributed by atoms with Gasteiger partial charge in [-0.15, -0.1) is 4.73 Å². The van der Waals surface area contributed by atoms with E-state index in [1.165, 1.54) is 18.3 Å². The molecule has 1 amide bonds. The zero-order valence-corrected chi connectivity index (χ0v) is 14.9. The molecule has 0 aliphatic carbocycles. The van der Waals surface area contributed by atoms with Gasteiger partial charge >= 0.3 is 17.7 Å². The number of aromatic hydroxyl groups is 1. The van der Waals surface area contributed by atoms with Crippen molar-refractivity contribution in [1.29, 1.82) is 0 Å². The van der Waals surface area contributed by atoms with E-state index in [0.717, 1.165) is 24.3 Å². The van der Waals surface area contributed by atoms with E-state index >= 15 is 0 Å². The minimum atomic E-state index is -4.57. The molecule has 0 saturated carbocycles. The second kappa shape index (κ2) is 7.73. The van der Waals surface area contributed by atoms with Crippen LogP contribution < -0.4 is 15.7 Å². The van der Waals surface area contributed by atoms with Gasteiger partial charge in [0.1, 0.15) is 5.75 Å². The largest absolute Gasteiger partial charge is 0.563 e. The number of rotatable bonds is 5. The molecule has 0 bridgehead atoms. The summed E-state index contributed by atoms with van der Waals surface area (Å²) < 4.78 is 38.7. The fraction of sp³-hybridized carbons (Fsp3) is 0.111. The van der Waals surface area contributed by atoms with Gasteiger partial charge in [-0.3, -0.25) is 9.59 Å². The van der Waals surface area contributed by atoms with Gasteiger partial charge in [0.2, 0.25) is 0 Å². The van der Waals surface area contributed by atoms with Gasteiger partial charge in [0, 0.05) is 11.0 Å². The maximum atomic E-state index is 12.8. The van der Waals surface area contributed by atoms with Crippen LogP contribution in [0.15, 0.2) is 47.4 Å². The monoisotopic (exact) mass is 424 g/mol. The summed E-state index contributed by atoms with van der Waals surface area (Å²) in [5, 5.41) is 19.1. The predicted molar refractivity (Wildman–Crippen MR) is 96.1 cm³/mol. The normalized spacial score (nSPS) is 11.3. The topological polar surface area (TPSA) is 133 Å². The molecule has 3 aromatic rings. The number of fused-ring (bicyclic) bond motifs is 1. The van der Waals surface area contributed by atoms with Crippen LogP contribution in [0.4, 0.5) is 13.2 Å². The molecule has 2 aromatic heterocycles. The number of nitrogens with one attached hydrogen (secondary N) is 1. The Kier molecular flexibility index (Phi) is 5.32. The van der Waals surface area contributed by atoms with Gasteiger partial charge in [0.15, 0.2) is 23.5 Å². The zero-order valence-electron chi connectivity index (χ0n) is 14.9. The number of aromatic nitrogens is 2. The molecule has 1 aromatic carbocycles. The Labute approximate surface area is 164 Å². The molecule has 2 heterocycles. The Balaban J connectivity index is 2.11. The van der Waals surface area contributed by atoms with Crippen molar-refractivity contribution < 1.29 is 37.8 Å². The van der Waals surface area contributed by atoms with Crippen LogP contribution in [-0.2, 0) is 11.0 Å². The first-order valence-electron chi connectivity index (χ1n) is 8.20. The molecule has 0 atom stereocenters. The van der Waals surface area contributed by atoms with E-state index < -0.39 is 47.0 Å². The molecule has 0 saturated heterocycles. The van der Waals surface area contributed by atoms with E-state index in [0.29, 0.717) is 4.73 Å². The molecule has 156 valence electrons. The van der Waals surface area contributed by atoms with Crippen LogP contribution in [0.5, 0.6) is 11.5 Å². The van der Waals surface area contributed by atoms with Crippen LogP contribution in [0.1, 0.15) is 15.9 Å². The zero-order chi connectivity index (χ0) is 22.1. The SMILES string of the molecule is O=C([OH2+])CNC(=O)c1c(O)c2cccnc2n(Oc2ccc(C(F)(F)F)cc2)c1=O. The Bertz CT molecular complexity index is 1190. The van der Waals surface area contributed by atoms with Crippen molar-refractivity contribution in [2.45, 2.75) is 6.18 Å². The highest BCUT2D eigenvalue weighted by atomic mass is 19.4. The average molecular weight is 424 g/mol. The lowest BCUT2D eigenvalue weighted by Crippen LogP contribution is -2.37. The first-order valence-corrected chi connectivity index (χ1v) is 8.20. The van der Waals surface area contributed by atoms with Gasteiger partial charge in [0.05, 0.1) is 10.9 Å². The second-order valence-corrected chi connectivity index (χ2v) is 5.92. The van der Waals surface area contributed by atoms with E-state index in [1.807, 2.05) is 5.32 Å². The number of carbonyl (C=O) groups excluding carboxylic acids is 2. The number of amides is 1. The third-order valence-corrected chi connectivity index (χ3v) is 3.88. The summed E-state index contributed by atoms with van der Waals surface area (Å²) in [6.07, 6.45) is -3.30. The molecular weight excluding hydrogens is 411 g/mol. The molecule has 9 nitrogen and oxygen atoms in total. The van der Waals surface area contributed by atoms with Gasteiger partial charge in [0.25, 0.3) is 5.91 Å². The standard InChI is InChI=1S/C18H12F3N3O6/c19-18(20,21)9-3-5-10(6-4-9)30-24-15-11(2-1-7-22-15)14(27)13(17(24)29)16(28)23-8-12(25)26/h1-7,27H,8H2,(H,23,28)(H,25,26)/p+1. The van der Waals surface area contributed by atoms with Crippen molar-refractivity contribution in [3.63, 3.8) is 0 Å². The highest BCUT2D eigenvalue weighted by Gasteiger charge is 2.30. The van der Waals surface area contributed by atoms with Crippen molar-refractivity contribution in [3.8, 4) is 11.5 Å². The molecule has 30 heavy (non-hydrogen) atoms. The molecule has 0 fully saturated rings. The maximum absolute atomic E-state index is 12.8. The number of pyridine rings is 2. The summed E-state index contributed by atoms with van der Waals surface area (Å²) in [4.78, 5) is 45.1. The molecular formula is C18H13F3N3O6+. The lowest BCUT2D eigenvalue weighted by atomic mass is 10.1. The molecule has 12 heteroatoms. The van der Waals surface area contributed by atoms with Crippen molar-refractivity contribution in [2.75, 3.05) is 6.54 Å². The van der Waals surface area contributed by atoms with Crippen LogP contribution in [0.25, 0.3) is 11.0 Å². The number of hydrogen-bond acceptors (Lipinski definition) is 6. The summed E-state index contributed by atoms with van der Waals surface area (Å²) in [7, 11) is 0. The van der Waals surface area contributed by atoms with Crippen LogP contribution >= 0.6 is 0 Å². The summed E-state index contributed by atoms with van der Waals surface area (Å²) >= 11 is 0. The number of hydrogen-bond donors (Lipinski definition) is 2. The van der Waals surface area contributed by atoms with Crippen LogP contribution in [-0.4, -0.2) is 38.3 Å². The first kappa shape index (κ1) is 20.6. The Hall–Kier alpha value is -4.09. The number of benzene rings is 1. The first-order chi connectivity index (χ1) is 14.1. The maximum Gasteiger partial charge on any atom is 0.535 e. The van der Waals surface area contributed by atoms with Crippen LogP contribution in [0, 0.1) is 0 Å². The third kappa shape index (κ3) is 4.01. The van der Waals surface area contributed by atoms with Crippen LogP contribution in [0.2, 0.25) is 0 Å². The minimum Gasteiger partial charge on any atom is -0.563 e. The summed E-state index contributed by atoms with van der Waals surface area (Å²) in [5.41, 5.74) is -3.10. The van der Waals surface area contributed by atoms with E-state index in [4.69, 9.17) is 9.94 Å². The van der Waals surface area contributed by atoms with Gasteiger partial charge in [-0.1, -0.05) is 0 Å². The Morgan fingerprint density at radius 2 is 1.87 bits per heavy atom. The van der Waals surface area contributed by atoms with E-state index in [-0.39, 0.29) is 16.8 Å². The number of carbonyl (C=O) groups is 2. The van der Waals surface area contributed by atoms with Crippen molar-refractivity contribution >= 4 is 22.9 Å². The number of halogens is 3. The number of alkyl halides is 3. The Morgan fingerprint density at radius 3 is 2.47 bits per heavy atom. The average Bonchev–Trinajstić information content (AvgIpc) is 2.69. The quantitative estimate of drug-likeness (QED) is 0.586. The number of nitrogens with zero attached hydrogens (tertiary/aromatic N) is 2. The van der Waals surface area contributed by atoms with Crippen LogP contribution in [0.3, 0.4) is 0 Å². The predicted octanol–water partition coefficient (Wildman–Crippen LogP) is 0.944. The Morgan fingerprint density at radius 1 is 1.20 bits per heavy atom. The lowest BCUT2D eigenvalue weighted by molar-refractivity contribution is -0.138. The molecule has 3 rings (SSSR count). The highest BCUT2D eigenvalue weighted by molar-refractivity contribution is 6.02. The molecule has 0 spiro atoms. The fourth-order valence-corrected chi connectivity index (χ4v) is 2.53. The summed E-state index contributed by atoms with van der Waals surface area (Å²) in [5.74, 6) is -3.18. The smallest absolute Gasteiger partial charge is 0.535 e. The van der Waals surface area contributed by atoms with E-state index in [2.05, 4.69) is 4.98 Å². The van der Waals surface area contributed by atoms with E-state index in [1.54, 1.807) is 0 Å². The van der Waals surface area contributed by atoms with Crippen molar-refractivity contribution in [2.24, 2.45) is 0 Å². The minimum absolute atomic E-state index is 0.0636. The second-order valence-electron chi connectivity index (χ2n) is 5.92. The van der Waals surface area contributed by atoms with Gasteiger partial charge < -0.3 is 20.4 Å². The highest BCUT2D eigenvalue weighted by Crippen LogP contribution is 2.31. The summed E-state index contributed by atoms with van der Waals surface area (Å²) in [6.45, 7) is -0.706. The van der Waals surface area contributed by atoms with Gasteiger partial charge in [-0.25, -0.2) is 4.98 Å². The molecule has 0 aliphatic rings. The molecule has 0 radical (unpaired) electrons. The molecule has 0 unspecified atom stereocenters. The van der Waals surface area contributed by atoms with E-state index in [9.17, 15) is 32.7 Å². The molecule has 4 N–H and O–H groups in total. The third-order valence-electron chi connectivity index (χ3n) is 3.88.